The van der Waals surface area contributed by atoms with Crippen molar-refractivity contribution in [3.05, 3.63) is 28.8 Å². The normalized spacial score (nSPS) is 23.6. The Balaban J connectivity index is 2.05. The Morgan fingerprint density at radius 3 is 2.81 bits per heavy atom. The standard InChI is InChI=1S/C12H14ClNO2/c1-7-4-9(5-7)14-12(16)10-6-8(13)2-3-11(10)15/h2-3,6-7,9,15H,4-5H2,1H3,(H,14,16). The summed E-state index contributed by atoms with van der Waals surface area (Å²) in [4.78, 5) is 11.8. The fourth-order valence-electron chi connectivity index (χ4n) is 1.97. The van der Waals surface area contributed by atoms with Gasteiger partial charge in [0.1, 0.15) is 5.75 Å². The second-order valence-electron chi connectivity index (χ2n) is 4.41. The van der Waals surface area contributed by atoms with Gasteiger partial charge in [-0.2, -0.15) is 0 Å². The molecule has 1 amide bonds. The lowest BCUT2D eigenvalue weighted by Crippen LogP contribution is -2.43. The topological polar surface area (TPSA) is 49.3 Å². The van der Waals surface area contributed by atoms with Crippen LogP contribution in [0.4, 0.5) is 0 Å². The molecule has 0 spiro atoms. The van der Waals surface area contributed by atoms with Crippen molar-refractivity contribution in [1.29, 1.82) is 0 Å². The van der Waals surface area contributed by atoms with Crippen LogP contribution in [0, 0.1) is 5.92 Å². The number of phenols is 1. The van der Waals surface area contributed by atoms with Crippen LogP contribution in [0.5, 0.6) is 5.75 Å². The van der Waals surface area contributed by atoms with Crippen LogP contribution in [-0.4, -0.2) is 17.1 Å². The molecule has 0 aromatic heterocycles. The maximum Gasteiger partial charge on any atom is 0.255 e. The number of aromatic hydroxyl groups is 1. The zero-order chi connectivity index (χ0) is 11.7. The number of hydrogen-bond acceptors (Lipinski definition) is 2. The van der Waals surface area contributed by atoms with E-state index in [2.05, 4.69) is 12.2 Å². The van der Waals surface area contributed by atoms with E-state index >= 15 is 0 Å². The number of carbonyl (C=O) groups is 1. The lowest BCUT2D eigenvalue weighted by atomic mass is 9.82. The minimum absolute atomic E-state index is 0.0331. The fraction of sp³-hybridized carbons (Fsp3) is 0.417. The van der Waals surface area contributed by atoms with E-state index in [1.165, 1.54) is 12.1 Å². The molecule has 16 heavy (non-hydrogen) atoms. The number of halogens is 1. The summed E-state index contributed by atoms with van der Waals surface area (Å²) < 4.78 is 0. The molecule has 86 valence electrons. The van der Waals surface area contributed by atoms with Crippen molar-refractivity contribution in [2.75, 3.05) is 0 Å². The maximum absolute atomic E-state index is 11.8. The first-order valence-corrected chi connectivity index (χ1v) is 5.73. The summed E-state index contributed by atoms with van der Waals surface area (Å²) in [6, 6.07) is 4.70. The van der Waals surface area contributed by atoms with Crippen molar-refractivity contribution < 1.29 is 9.90 Å². The summed E-state index contributed by atoms with van der Waals surface area (Å²) in [5.74, 6) is 0.393. The predicted molar refractivity (Wildman–Crippen MR) is 62.8 cm³/mol. The minimum Gasteiger partial charge on any atom is -0.507 e. The molecule has 0 unspecified atom stereocenters. The number of hydrogen-bond donors (Lipinski definition) is 2. The van der Waals surface area contributed by atoms with Gasteiger partial charge in [0.25, 0.3) is 5.91 Å². The Kier molecular flexibility index (Phi) is 3.06. The van der Waals surface area contributed by atoms with E-state index < -0.39 is 0 Å². The molecule has 1 aliphatic rings. The number of amides is 1. The summed E-state index contributed by atoms with van der Waals surface area (Å²) in [6.45, 7) is 2.15. The lowest BCUT2D eigenvalue weighted by Gasteiger charge is -2.33. The van der Waals surface area contributed by atoms with Gasteiger partial charge in [-0.25, -0.2) is 0 Å². The quantitative estimate of drug-likeness (QED) is 0.834. The molecule has 0 aliphatic heterocycles. The van der Waals surface area contributed by atoms with Gasteiger partial charge in [-0.15, -0.1) is 0 Å². The van der Waals surface area contributed by atoms with Gasteiger partial charge >= 0.3 is 0 Å². The highest BCUT2D eigenvalue weighted by Crippen LogP contribution is 2.27. The molecule has 0 atom stereocenters. The first-order valence-electron chi connectivity index (χ1n) is 5.35. The Labute approximate surface area is 99.4 Å². The number of carbonyl (C=O) groups excluding carboxylic acids is 1. The molecule has 4 heteroatoms. The molecule has 0 heterocycles. The third-order valence-electron chi connectivity index (χ3n) is 2.91. The Morgan fingerprint density at radius 1 is 1.50 bits per heavy atom. The van der Waals surface area contributed by atoms with Crippen LogP contribution in [-0.2, 0) is 0 Å². The third kappa shape index (κ3) is 2.30. The zero-order valence-corrected chi connectivity index (χ0v) is 9.79. The first kappa shape index (κ1) is 11.3. The van der Waals surface area contributed by atoms with E-state index in [9.17, 15) is 9.90 Å². The highest BCUT2D eigenvalue weighted by Gasteiger charge is 2.27. The van der Waals surface area contributed by atoms with Gasteiger partial charge in [0, 0.05) is 11.1 Å². The van der Waals surface area contributed by atoms with E-state index in [4.69, 9.17) is 11.6 Å². The average Bonchev–Trinajstić information content (AvgIpc) is 2.19. The van der Waals surface area contributed by atoms with Crippen molar-refractivity contribution in [3.8, 4) is 5.75 Å². The predicted octanol–water partition coefficient (Wildman–Crippen LogP) is 2.57. The fourth-order valence-corrected chi connectivity index (χ4v) is 2.15. The Bertz CT molecular complexity index is 413. The largest absolute Gasteiger partial charge is 0.507 e. The molecule has 3 nitrogen and oxygen atoms in total. The summed E-state index contributed by atoms with van der Waals surface area (Å²) >= 11 is 5.78. The van der Waals surface area contributed by atoms with Crippen molar-refractivity contribution in [2.24, 2.45) is 5.92 Å². The molecule has 2 N–H and O–H groups in total. The highest BCUT2D eigenvalue weighted by molar-refractivity contribution is 6.31. The zero-order valence-electron chi connectivity index (χ0n) is 9.03. The van der Waals surface area contributed by atoms with E-state index in [0.29, 0.717) is 10.9 Å². The average molecular weight is 240 g/mol. The van der Waals surface area contributed by atoms with E-state index in [1.807, 2.05) is 0 Å². The van der Waals surface area contributed by atoms with Crippen molar-refractivity contribution in [3.63, 3.8) is 0 Å². The monoisotopic (exact) mass is 239 g/mol. The van der Waals surface area contributed by atoms with Gasteiger partial charge in [-0.05, 0) is 37.0 Å². The first-order chi connectivity index (χ1) is 7.56. The Hall–Kier alpha value is -1.22. The van der Waals surface area contributed by atoms with Gasteiger partial charge in [0.2, 0.25) is 0 Å². The smallest absolute Gasteiger partial charge is 0.255 e. The maximum atomic E-state index is 11.8. The van der Waals surface area contributed by atoms with E-state index in [0.717, 1.165) is 12.8 Å². The molecular formula is C12H14ClNO2. The van der Waals surface area contributed by atoms with Gasteiger partial charge in [-0.3, -0.25) is 4.79 Å². The molecule has 1 saturated carbocycles. The van der Waals surface area contributed by atoms with Crippen LogP contribution in [0.1, 0.15) is 30.1 Å². The third-order valence-corrected chi connectivity index (χ3v) is 3.15. The van der Waals surface area contributed by atoms with Gasteiger partial charge < -0.3 is 10.4 Å². The molecule has 1 aromatic carbocycles. The van der Waals surface area contributed by atoms with Crippen LogP contribution in [0.25, 0.3) is 0 Å². The van der Waals surface area contributed by atoms with Gasteiger partial charge in [0.15, 0.2) is 0 Å². The summed E-state index contributed by atoms with van der Waals surface area (Å²) in [6.07, 6.45) is 2.01. The number of nitrogens with one attached hydrogen (secondary N) is 1. The number of rotatable bonds is 2. The van der Waals surface area contributed by atoms with E-state index in [1.54, 1.807) is 6.07 Å². The highest BCUT2D eigenvalue weighted by atomic mass is 35.5. The Morgan fingerprint density at radius 2 is 2.19 bits per heavy atom. The molecule has 0 radical (unpaired) electrons. The molecule has 0 saturated heterocycles. The summed E-state index contributed by atoms with van der Waals surface area (Å²) in [5.41, 5.74) is 0.243. The van der Waals surface area contributed by atoms with Crippen molar-refractivity contribution in [2.45, 2.75) is 25.8 Å². The molecular weight excluding hydrogens is 226 g/mol. The van der Waals surface area contributed by atoms with Crippen molar-refractivity contribution >= 4 is 17.5 Å². The second-order valence-corrected chi connectivity index (χ2v) is 4.84. The van der Waals surface area contributed by atoms with Crippen molar-refractivity contribution in [1.82, 2.24) is 5.32 Å². The van der Waals surface area contributed by atoms with Crippen LogP contribution in [0.3, 0.4) is 0 Å². The summed E-state index contributed by atoms with van der Waals surface area (Å²) in [7, 11) is 0. The second kappa shape index (κ2) is 4.34. The van der Waals surface area contributed by atoms with Gasteiger partial charge in [0.05, 0.1) is 5.56 Å². The summed E-state index contributed by atoms with van der Waals surface area (Å²) in [5, 5.41) is 12.9. The molecule has 0 bridgehead atoms. The van der Waals surface area contributed by atoms with Crippen LogP contribution in [0.2, 0.25) is 5.02 Å². The number of phenolic OH excluding ortho intramolecular Hbond substituents is 1. The molecule has 1 aromatic rings. The van der Waals surface area contributed by atoms with Gasteiger partial charge in [-0.1, -0.05) is 18.5 Å². The molecule has 1 fully saturated rings. The van der Waals surface area contributed by atoms with E-state index in [-0.39, 0.29) is 23.3 Å². The minimum atomic E-state index is -0.253. The number of benzene rings is 1. The SMILES string of the molecule is CC1CC(NC(=O)c2cc(Cl)ccc2O)C1. The van der Waals surface area contributed by atoms with Crippen LogP contribution < -0.4 is 5.32 Å². The van der Waals surface area contributed by atoms with Crippen LogP contribution >= 0.6 is 11.6 Å². The molecule has 1 aliphatic carbocycles. The lowest BCUT2D eigenvalue weighted by molar-refractivity contribution is 0.0893. The molecule has 2 rings (SSSR count). The van der Waals surface area contributed by atoms with Crippen LogP contribution in [0.15, 0.2) is 18.2 Å².